The molecule has 0 unspecified atom stereocenters. The number of benzene rings is 1. The van der Waals surface area contributed by atoms with E-state index < -0.39 is 0 Å². The van der Waals surface area contributed by atoms with Crippen molar-refractivity contribution in [2.24, 2.45) is 0 Å². The third-order valence-corrected chi connectivity index (χ3v) is 2.52. The Morgan fingerprint density at radius 1 is 0.800 bits per heavy atom. The van der Waals surface area contributed by atoms with Gasteiger partial charge in [0, 0.05) is 0 Å². The average Bonchev–Trinajstić information content (AvgIpc) is 2.01. The van der Waals surface area contributed by atoms with Gasteiger partial charge in [0.15, 0.2) is 0 Å². The number of hydrogen-bond acceptors (Lipinski definition) is 0. The van der Waals surface area contributed by atoms with Crippen LogP contribution < -0.4 is 0 Å². The molecule has 0 aromatic heterocycles. The SMILES string of the molecule is CC(C)(C)c1c[c]cc(C(C)(C)C)c1.[GaH3]. The Hall–Kier alpha value is -0.144. The Labute approximate surface area is 108 Å². The summed E-state index contributed by atoms with van der Waals surface area (Å²) in [5, 5.41) is 0. The average molecular weight is 262 g/mol. The van der Waals surface area contributed by atoms with E-state index in [2.05, 4.69) is 65.8 Å². The molecule has 1 heteroatoms. The predicted octanol–water partition coefficient (Wildman–Crippen LogP) is 2.90. The van der Waals surface area contributed by atoms with Gasteiger partial charge in [-0.1, -0.05) is 59.7 Å². The molecule has 0 aliphatic rings. The summed E-state index contributed by atoms with van der Waals surface area (Å²) in [6.07, 6.45) is 0. The number of rotatable bonds is 0. The maximum atomic E-state index is 3.24. The first-order valence-corrected chi connectivity index (χ1v) is 5.23. The zero-order chi connectivity index (χ0) is 11.0. The van der Waals surface area contributed by atoms with Gasteiger partial charge >= 0.3 is 19.8 Å². The summed E-state index contributed by atoms with van der Waals surface area (Å²) in [5.74, 6) is 0. The van der Waals surface area contributed by atoms with E-state index in [9.17, 15) is 0 Å². The van der Waals surface area contributed by atoms with Gasteiger partial charge in [-0.15, -0.1) is 0 Å². The molecule has 0 spiro atoms. The molecule has 0 saturated carbocycles. The van der Waals surface area contributed by atoms with Crippen LogP contribution in [0.25, 0.3) is 0 Å². The molecule has 0 aliphatic carbocycles. The molecule has 1 aromatic carbocycles. The maximum absolute atomic E-state index is 3.24. The zero-order valence-corrected chi connectivity index (χ0v) is 10.2. The summed E-state index contributed by atoms with van der Waals surface area (Å²) >= 11 is 0. The minimum atomic E-state index is 0. The van der Waals surface area contributed by atoms with E-state index in [1.165, 1.54) is 11.1 Å². The van der Waals surface area contributed by atoms with E-state index in [4.69, 9.17) is 0 Å². The van der Waals surface area contributed by atoms with E-state index in [0.29, 0.717) is 0 Å². The fraction of sp³-hybridized carbons (Fsp3) is 0.571. The summed E-state index contributed by atoms with van der Waals surface area (Å²) in [5.41, 5.74) is 3.17. The van der Waals surface area contributed by atoms with Gasteiger partial charge in [0.2, 0.25) is 0 Å². The van der Waals surface area contributed by atoms with Crippen molar-refractivity contribution < 1.29 is 0 Å². The van der Waals surface area contributed by atoms with Crippen molar-refractivity contribution in [3.63, 3.8) is 0 Å². The molecule has 0 aliphatic heterocycles. The quantitative estimate of drug-likeness (QED) is 0.630. The predicted molar refractivity (Wildman–Crippen MR) is 72.6 cm³/mol. The van der Waals surface area contributed by atoms with Gasteiger partial charge in [-0.3, -0.25) is 0 Å². The fourth-order valence-electron chi connectivity index (χ4n) is 1.34. The van der Waals surface area contributed by atoms with Crippen LogP contribution in [-0.2, 0) is 10.8 Å². The first-order valence-electron chi connectivity index (χ1n) is 5.23. The van der Waals surface area contributed by atoms with E-state index in [1.54, 1.807) is 0 Å². The van der Waals surface area contributed by atoms with Crippen LogP contribution in [0.2, 0.25) is 0 Å². The molecule has 0 heterocycles. The van der Waals surface area contributed by atoms with Gasteiger partial charge in [0.05, 0.1) is 0 Å². The van der Waals surface area contributed by atoms with Gasteiger partial charge in [0.1, 0.15) is 0 Å². The molecule has 0 bridgehead atoms. The summed E-state index contributed by atoms with van der Waals surface area (Å²) in [6.45, 7) is 13.4. The van der Waals surface area contributed by atoms with Crippen LogP contribution in [0.5, 0.6) is 0 Å². The Balaban J connectivity index is 0.00000196. The molecule has 0 N–H and O–H groups in total. The van der Waals surface area contributed by atoms with E-state index >= 15 is 0 Å². The van der Waals surface area contributed by atoms with Gasteiger partial charge in [-0.2, -0.15) is 0 Å². The van der Waals surface area contributed by atoms with E-state index in [1.807, 2.05) is 0 Å². The molecule has 83 valence electrons. The summed E-state index contributed by atoms with van der Waals surface area (Å²) < 4.78 is 0. The van der Waals surface area contributed by atoms with Crippen LogP contribution in [0.3, 0.4) is 0 Å². The molecular weight excluding hydrogens is 238 g/mol. The molecule has 1 rings (SSSR count). The summed E-state index contributed by atoms with van der Waals surface area (Å²) in [7, 11) is 0. The van der Waals surface area contributed by atoms with Crippen LogP contribution in [0, 0.1) is 6.07 Å². The van der Waals surface area contributed by atoms with Crippen molar-refractivity contribution >= 4 is 19.8 Å². The van der Waals surface area contributed by atoms with Crippen LogP contribution >= 0.6 is 0 Å². The van der Waals surface area contributed by atoms with Crippen molar-refractivity contribution in [1.82, 2.24) is 0 Å². The Morgan fingerprint density at radius 3 is 1.40 bits per heavy atom. The molecular formula is C14H24Ga. The molecule has 0 amide bonds. The third kappa shape index (κ3) is 4.08. The second kappa shape index (κ2) is 4.79. The normalized spacial score (nSPS) is 12.1. The van der Waals surface area contributed by atoms with E-state index in [-0.39, 0.29) is 30.6 Å². The zero-order valence-electron chi connectivity index (χ0n) is 10.2. The molecule has 1 aromatic rings. The Bertz CT molecular complexity index is 284. The molecule has 1 radical (unpaired) electrons. The first kappa shape index (κ1) is 14.9. The van der Waals surface area contributed by atoms with E-state index in [0.717, 1.165) is 0 Å². The second-order valence-corrected chi connectivity index (χ2v) is 6.01. The monoisotopic (exact) mass is 261 g/mol. The standard InChI is InChI=1S/C14H21.Ga.3H/c1-13(2,3)11-8-7-9-12(10-11)14(4,5)6;;;;/h8-10H,1-6H3;;;;. The van der Waals surface area contributed by atoms with Crippen LogP contribution in [0.1, 0.15) is 52.7 Å². The van der Waals surface area contributed by atoms with Gasteiger partial charge in [-0.05, 0) is 28.0 Å². The van der Waals surface area contributed by atoms with Crippen molar-refractivity contribution in [2.75, 3.05) is 0 Å². The second-order valence-electron chi connectivity index (χ2n) is 6.01. The molecule has 0 saturated heterocycles. The summed E-state index contributed by atoms with van der Waals surface area (Å²) in [6, 6.07) is 9.73. The molecule has 0 fully saturated rings. The molecule has 15 heavy (non-hydrogen) atoms. The number of hydrogen-bond donors (Lipinski definition) is 0. The van der Waals surface area contributed by atoms with Crippen LogP contribution in [-0.4, -0.2) is 19.8 Å². The van der Waals surface area contributed by atoms with Crippen molar-refractivity contribution in [2.45, 2.75) is 52.4 Å². The van der Waals surface area contributed by atoms with Gasteiger partial charge < -0.3 is 0 Å². The third-order valence-electron chi connectivity index (χ3n) is 2.52. The first-order chi connectivity index (χ1) is 6.21. The van der Waals surface area contributed by atoms with Crippen LogP contribution in [0.4, 0.5) is 0 Å². The topological polar surface area (TPSA) is 0 Å². The van der Waals surface area contributed by atoms with Crippen molar-refractivity contribution in [1.29, 1.82) is 0 Å². The summed E-state index contributed by atoms with van der Waals surface area (Å²) in [4.78, 5) is 0. The molecule has 0 nitrogen and oxygen atoms in total. The fourth-order valence-corrected chi connectivity index (χ4v) is 1.34. The van der Waals surface area contributed by atoms with Crippen molar-refractivity contribution in [3.05, 3.63) is 35.4 Å². The Kier molecular flexibility index (Phi) is 4.75. The Morgan fingerprint density at radius 2 is 1.13 bits per heavy atom. The molecule has 0 atom stereocenters. The van der Waals surface area contributed by atoms with Gasteiger partial charge in [-0.25, -0.2) is 0 Å². The van der Waals surface area contributed by atoms with Crippen LogP contribution in [0.15, 0.2) is 18.2 Å². The van der Waals surface area contributed by atoms with Gasteiger partial charge in [0.25, 0.3) is 0 Å². The van der Waals surface area contributed by atoms with Crippen molar-refractivity contribution in [3.8, 4) is 0 Å². The minimum absolute atomic E-state index is 0.